The molecule has 0 bridgehead atoms. The number of nitrogens with zero attached hydrogens (tertiary/aromatic N) is 3. The van der Waals surface area contributed by atoms with Gasteiger partial charge >= 0.3 is 0 Å². The first-order chi connectivity index (χ1) is 10.7. The SMILES string of the molecule is CCN[C@@H]1CCN(c2cc(Nc3ccccc3)nc(N)n2)C1. The number of benzene rings is 1. The number of para-hydroxylation sites is 1. The summed E-state index contributed by atoms with van der Waals surface area (Å²) in [5.41, 5.74) is 6.85. The maximum atomic E-state index is 5.87. The summed E-state index contributed by atoms with van der Waals surface area (Å²) >= 11 is 0. The normalized spacial score (nSPS) is 17.7. The number of aromatic nitrogens is 2. The van der Waals surface area contributed by atoms with Crippen LogP contribution in [0.15, 0.2) is 36.4 Å². The largest absolute Gasteiger partial charge is 0.368 e. The first-order valence-electron chi connectivity index (χ1n) is 7.69. The Morgan fingerprint density at radius 1 is 1.27 bits per heavy atom. The second-order valence-electron chi connectivity index (χ2n) is 5.45. The van der Waals surface area contributed by atoms with Crippen LogP contribution in [0.5, 0.6) is 0 Å². The van der Waals surface area contributed by atoms with E-state index in [0.717, 1.165) is 43.4 Å². The average Bonchev–Trinajstić information content (AvgIpc) is 2.97. The molecule has 1 saturated heterocycles. The van der Waals surface area contributed by atoms with Crippen molar-refractivity contribution in [2.45, 2.75) is 19.4 Å². The predicted octanol–water partition coefficient (Wildman–Crippen LogP) is 1.99. The van der Waals surface area contributed by atoms with Crippen LogP contribution in [-0.2, 0) is 0 Å². The quantitative estimate of drug-likeness (QED) is 0.783. The first-order valence-corrected chi connectivity index (χ1v) is 7.69. The summed E-state index contributed by atoms with van der Waals surface area (Å²) in [6, 6.07) is 12.4. The number of likely N-dealkylation sites (N-methyl/N-ethyl adjacent to an activating group) is 1. The maximum absolute atomic E-state index is 5.87. The Hall–Kier alpha value is -2.34. The van der Waals surface area contributed by atoms with E-state index in [4.69, 9.17) is 5.73 Å². The molecule has 3 rings (SSSR count). The standard InChI is InChI=1S/C16H22N6/c1-2-18-13-8-9-22(11-13)15-10-14(20-16(17)21-15)19-12-6-4-3-5-7-12/h3-7,10,13,18H,2,8-9,11H2,1H3,(H3,17,19,20,21)/t13-/m1/s1. The smallest absolute Gasteiger partial charge is 0.223 e. The van der Waals surface area contributed by atoms with Gasteiger partial charge in [-0.1, -0.05) is 25.1 Å². The average molecular weight is 298 g/mol. The molecule has 6 nitrogen and oxygen atoms in total. The number of rotatable bonds is 5. The lowest BCUT2D eigenvalue weighted by atomic mass is 10.3. The van der Waals surface area contributed by atoms with Gasteiger partial charge < -0.3 is 21.3 Å². The third-order valence-electron chi connectivity index (χ3n) is 3.78. The van der Waals surface area contributed by atoms with Gasteiger partial charge in [0.1, 0.15) is 11.6 Å². The number of nitrogens with one attached hydrogen (secondary N) is 2. The maximum Gasteiger partial charge on any atom is 0.223 e. The summed E-state index contributed by atoms with van der Waals surface area (Å²) in [4.78, 5) is 10.9. The molecule has 1 atom stereocenters. The van der Waals surface area contributed by atoms with E-state index in [-0.39, 0.29) is 0 Å². The van der Waals surface area contributed by atoms with Gasteiger partial charge in [0.25, 0.3) is 0 Å². The van der Waals surface area contributed by atoms with Gasteiger partial charge in [0.05, 0.1) is 0 Å². The van der Waals surface area contributed by atoms with Crippen LogP contribution in [0.1, 0.15) is 13.3 Å². The Labute approximate surface area is 130 Å². The Kier molecular flexibility index (Phi) is 4.39. The number of hydrogen-bond donors (Lipinski definition) is 3. The van der Waals surface area contributed by atoms with E-state index in [0.29, 0.717) is 12.0 Å². The van der Waals surface area contributed by atoms with E-state index in [1.165, 1.54) is 0 Å². The Morgan fingerprint density at radius 3 is 2.86 bits per heavy atom. The van der Waals surface area contributed by atoms with Crippen molar-refractivity contribution in [3.63, 3.8) is 0 Å². The number of nitrogens with two attached hydrogens (primary N) is 1. The van der Waals surface area contributed by atoms with Crippen LogP contribution in [0, 0.1) is 0 Å². The Balaban J connectivity index is 1.76. The fraction of sp³-hybridized carbons (Fsp3) is 0.375. The topological polar surface area (TPSA) is 79.1 Å². The molecule has 4 N–H and O–H groups in total. The highest BCUT2D eigenvalue weighted by Gasteiger charge is 2.23. The summed E-state index contributed by atoms with van der Waals surface area (Å²) in [7, 11) is 0. The zero-order valence-electron chi connectivity index (χ0n) is 12.8. The van der Waals surface area contributed by atoms with Crippen molar-refractivity contribution in [1.29, 1.82) is 0 Å². The monoisotopic (exact) mass is 298 g/mol. The van der Waals surface area contributed by atoms with Crippen LogP contribution in [-0.4, -0.2) is 35.6 Å². The van der Waals surface area contributed by atoms with Crippen molar-refractivity contribution in [3.05, 3.63) is 36.4 Å². The van der Waals surface area contributed by atoms with E-state index in [2.05, 4.69) is 32.4 Å². The van der Waals surface area contributed by atoms with Gasteiger partial charge in [-0.2, -0.15) is 9.97 Å². The molecule has 0 aliphatic carbocycles. The molecule has 2 aromatic rings. The fourth-order valence-electron chi connectivity index (χ4n) is 2.77. The third kappa shape index (κ3) is 3.46. The highest BCUT2D eigenvalue weighted by atomic mass is 15.3. The van der Waals surface area contributed by atoms with Crippen molar-refractivity contribution in [2.24, 2.45) is 0 Å². The summed E-state index contributed by atoms with van der Waals surface area (Å²) in [5.74, 6) is 1.90. The second-order valence-corrected chi connectivity index (χ2v) is 5.45. The van der Waals surface area contributed by atoms with Crippen molar-refractivity contribution in [1.82, 2.24) is 15.3 Å². The van der Waals surface area contributed by atoms with Crippen LogP contribution in [0.2, 0.25) is 0 Å². The summed E-state index contributed by atoms with van der Waals surface area (Å²) in [6.07, 6.45) is 1.12. The van der Waals surface area contributed by atoms with Gasteiger partial charge in [-0.05, 0) is 25.1 Å². The molecule has 22 heavy (non-hydrogen) atoms. The zero-order valence-corrected chi connectivity index (χ0v) is 12.8. The summed E-state index contributed by atoms with van der Waals surface area (Å²) in [5, 5.41) is 6.75. The molecule has 1 aromatic carbocycles. The van der Waals surface area contributed by atoms with Crippen molar-refractivity contribution in [2.75, 3.05) is 35.6 Å². The molecule has 0 unspecified atom stereocenters. The molecule has 0 spiro atoms. The van der Waals surface area contributed by atoms with E-state index >= 15 is 0 Å². The van der Waals surface area contributed by atoms with Crippen LogP contribution in [0.25, 0.3) is 0 Å². The Morgan fingerprint density at radius 2 is 2.09 bits per heavy atom. The van der Waals surface area contributed by atoms with E-state index in [9.17, 15) is 0 Å². The van der Waals surface area contributed by atoms with Crippen molar-refractivity contribution >= 4 is 23.3 Å². The third-order valence-corrected chi connectivity index (χ3v) is 3.78. The summed E-state index contributed by atoms with van der Waals surface area (Å²) in [6.45, 7) is 5.06. The second kappa shape index (κ2) is 6.62. The van der Waals surface area contributed by atoms with E-state index in [1.54, 1.807) is 0 Å². The lowest BCUT2D eigenvalue weighted by Gasteiger charge is -2.19. The molecule has 0 radical (unpaired) electrons. The van der Waals surface area contributed by atoms with Gasteiger partial charge in [0.15, 0.2) is 0 Å². The fourth-order valence-corrected chi connectivity index (χ4v) is 2.77. The van der Waals surface area contributed by atoms with Gasteiger partial charge in [-0.25, -0.2) is 0 Å². The van der Waals surface area contributed by atoms with Gasteiger partial charge in [0, 0.05) is 30.9 Å². The summed E-state index contributed by atoms with van der Waals surface area (Å²) < 4.78 is 0. The lowest BCUT2D eigenvalue weighted by molar-refractivity contribution is 0.571. The van der Waals surface area contributed by atoms with Gasteiger partial charge in [-0.3, -0.25) is 0 Å². The highest BCUT2D eigenvalue weighted by Crippen LogP contribution is 2.23. The molecular weight excluding hydrogens is 276 g/mol. The van der Waals surface area contributed by atoms with Gasteiger partial charge in [-0.15, -0.1) is 0 Å². The van der Waals surface area contributed by atoms with Crippen molar-refractivity contribution in [3.8, 4) is 0 Å². The number of nitrogen functional groups attached to an aromatic ring is 1. The van der Waals surface area contributed by atoms with Crippen molar-refractivity contribution < 1.29 is 0 Å². The zero-order chi connectivity index (χ0) is 15.4. The van der Waals surface area contributed by atoms with Crippen LogP contribution >= 0.6 is 0 Å². The number of hydrogen-bond acceptors (Lipinski definition) is 6. The molecule has 0 saturated carbocycles. The Bertz CT molecular complexity index is 615. The molecular formula is C16H22N6. The molecule has 1 aromatic heterocycles. The minimum atomic E-state index is 0.294. The van der Waals surface area contributed by atoms with E-state index in [1.807, 2.05) is 36.4 Å². The van der Waals surface area contributed by atoms with Crippen LogP contribution in [0.3, 0.4) is 0 Å². The minimum absolute atomic E-state index is 0.294. The minimum Gasteiger partial charge on any atom is -0.368 e. The first kappa shape index (κ1) is 14.6. The molecule has 2 heterocycles. The van der Waals surface area contributed by atoms with Crippen LogP contribution < -0.4 is 21.3 Å². The molecule has 0 amide bonds. The molecule has 1 aliphatic rings. The highest BCUT2D eigenvalue weighted by molar-refractivity contribution is 5.61. The molecule has 116 valence electrons. The molecule has 6 heteroatoms. The molecule has 1 aliphatic heterocycles. The molecule has 1 fully saturated rings. The van der Waals surface area contributed by atoms with Gasteiger partial charge in [0.2, 0.25) is 5.95 Å². The number of anilines is 4. The van der Waals surface area contributed by atoms with E-state index < -0.39 is 0 Å². The predicted molar refractivity (Wildman–Crippen MR) is 90.5 cm³/mol. The van der Waals surface area contributed by atoms with Crippen LogP contribution in [0.4, 0.5) is 23.3 Å². The lowest BCUT2D eigenvalue weighted by Crippen LogP contribution is -2.32.